The van der Waals surface area contributed by atoms with Gasteiger partial charge in [0.2, 0.25) is 0 Å². The first-order valence-electron chi connectivity index (χ1n) is 15.1. The van der Waals surface area contributed by atoms with E-state index in [1.54, 1.807) is 44.2 Å². The van der Waals surface area contributed by atoms with Crippen molar-refractivity contribution in [2.75, 3.05) is 14.2 Å². The predicted octanol–water partition coefficient (Wildman–Crippen LogP) is 6.89. The van der Waals surface area contributed by atoms with Gasteiger partial charge in [-0.15, -0.1) is 0 Å². The van der Waals surface area contributed by atoms with Gasteiger partial charge in [0, 0.05) is 5.56 Å². The van der Waals surface area contributed by atoms with Crippen molar-refractivity contribution < 1.29 is 28.7 Å². The molecule has 1 saturated heterocycles. The number of hydrogen-bond acceptors (Lipinski definition) is 6. The first-order chi connectivity index (χ1) is 22.3. The highest BCUT2D eigenvalue weighted by atomic mass is 16.5. The Morgan fingerprint density at radius 2 is 1.09 bits per heavy atom. The van der Waals surface area contributed by atoms with Crippen molar-refractivity contribution in [1.82, 2.24) is 9.80 Å². The molecule has 1 aliphatic rings. The Morgan fingerprint density at radius 3 is 1.61 bits per heavy atom. The summed E-state index contributed by atoms with van der Waals surface area (Å²) in [4.78, 5) is 60.9. The summed E-state index contributed by atoms with van der Waals surface area (Å²) in [6.07, 6.45) is 0. The molecule has 1 aliphatic heterocycles. The summed E-state index contributed by atoms with van der Waals surface area (Å²) in [5, 5.41) is 3.56. The largest absolute Gasteiger partial charge is 0.467 e. The lowest BCUT2D eigenvalue weighted by Crippen LogP contribution is -2.66. The van der Waals surface area contributed by atoms with Gasteiger partial charge < -0.3 is 14.4 Å². The molecular formula is C38H34N2O6. The average Bonchev–Trinajstić information content (AvgIpc) is 3.39. The summed E-state index contributed by atoms with van der Waals surface area (Å²) in [5.74, 6) is -2.73. The predicted molar refractivity (Wildman–Crippen MR) is 175 cm³/mol. The van der Waals surface area contributed by atoms with Crippen LogP contribution in [0.2, 0.25) is 0 Å². The van der Waals surface area contributed by atoms with Crippen molar-refractivity contribution >= 4 is 45.3 Å². The Morgan fingerprint density at radius 1 is 0.630 bits per heavy atom. The van der Waals surface area contributed by atoms with Crippen molar-refractivity contribution in [2.24, 2.45) is 0 Å². The molecule has 0 aliphatic carbocycles. The number of benzene rings is 5. The molecule has 3 unspecified atom stereocenters. The van der Waals surface area contributed by atoms with Gasteiger partial charge in [-0.2, -0.15) is 0 Å². The molecule has 5 aromatic rings. The summed E-state index contributed by atoms with van der Waals surface area (Å²) in [6.45, 7) is 3.55. The number of rotatable bonds is 8. The molecule has 0 spiro atoms. The fraction of sp³-hybridized carbons (Fsp3) is 0.211. The Balaban J connectivity index is 1.65. The molecule has 5 aromatic carbocycles. The third-order valence-corrected chi connectivity index (χ3v) is 9.13. The average molecular weight is 615 g/mol. The Kier molecular flexibility index (Phi) is 8.04. The highest BCUT2D eigenvalue weighted by Crippen LogP contribution is 2.47. The van der Waals surface area contributed by atoms with Crippen LogP contribution in [0.5, 0.6) is 0 Å². The molecule has 0 bridgehead atoms. The molecule has 0 aromatic heterocycles. The molecule has 2 amide bonds. The normalized spacial score (nSPS) is 17.1. The van der Waals surface area contributed by atoms with E-state index in [0.717, 1.165) is 41.3 Å². The zero-order valence-corrected chi connectivity index (χ0v) is 26.0. The van der Waals surface area contributed by atoms with Crippen molar-refractivity contribution in [3.63, 3.8) is 0 Å². The number of ether oxygens (including phenoxy) is 2. The number of methoxy groups -OCH3 is 2. The summed E-state index contributed by atoms with van der Waals surface area (Å²) in [6, 6.07) is 31.2. The molecule has 8 nitrogen and oxygen atoms in total. The van der Waals surface area contributed by atoms with E-state index in [1.807, 2.05) is 84.9 Å². The zero-order valence-electron chi connectivity index (χ0n) is 26.0. The molecule has 0 radical (unpaired) electrons. The second-order valence-electron chi connectivity index (χ2n) is 11.4. The topological polar surface area (TPSA) is 93.2 Å². The number of esters is 2. The Labute approximate surface area is 267 Å². The molecule has 3 atom stereocenters. The highest BCUT2D eigenvalue weighted by molar-refractivity contribution is 6.19. The Bertz CT molecular complexity index is 1950. The minimum Gasteiger partial charge on any atom is -0.467 e. The second kappa shape index (κ2) is 12.1. The van der Waals surface area contributed by atoms with E-state index in [4.69, 9.17) is 9.47 Å². The van der Waals surface area contributed by atoms with Crippen LogP contribution in [0.25, 0.3) is 21.5 Å². The highest BCUT2D eigenvalue weighted by Gasteiger charge is 2.72. The number of nitrogens with zero attached hydrogens (tertiary/aromatic N) is 2. The van der Waals surface area contributed by atoms with Crippen LogP contribution in [-0.4, -0.2) is 59.4 Å². The van der Waals surface area contributed by atoms with Gasteiger partial charge >= 0.3 is 18.0 Å². The van der Waals surface area contributed by atoms with Crippen molar-refractivity contribution in [2.45, 2.75) is 37.5 Å². The van der Waals surface area contributed by atoms with Gasteiger partial charge in [0.1, 0.15) is 6.04 Å². The molecule has 0 saturated carbocycles. The first kappa shape index (κ1) is 30.5. The van der Waals surface area contributed by atoms with Crippen LogP contribution >= 0.6 is 0 Å². The lowest BCUT2D eigenvalue weighted by molar-refractivity contribution is -0.171. The van der Waals surface area contributed by atoms with Crippen LogP contribution in [0.15, 0.2) is 115 Å². The quantitative estimate of drug-likeness (QED) is 0.107. The van der Waals surface area contributed by atoms with E-state index in [-0.39, 0.29) is 5.56 Å². The third-order valence-electron chi connectivity index (χ3n) is 9.13. The maximum absolute atomic E-state index is 15.1. The molecule has 232 valence electrons. The van der Waals surface area contributed by atoms with Crippen molar-refractivity contribution in [1.29, 1.82) is 0 Å². The fourth-order valence-electron chi connectivity index (χ4n) is 6.99. The number of ketones is 1. The number of carbonyl (C=O) groups excluding carboxylic acids is 4. The molecule has 8 heteroatoms. The van der Waals surface area contributed by atoms with Crippen LogP contribution in [0.3, 0.4) is 0 Å². The molecular weight excluding hydrogens is 580 g/mol. The maximum Gasteiger partial charge on any atom is 0.346 e. The van der Waals surface area contributed by atoms with Crippen LogP contribution in [-0.2, 0) is 19.1 Å². The minimum absolute atomic E-state index is 0.229. The zero-order chi connectivity index (χ0) is 32.6. The van der Waals surface area contributed by atoms with Gasteiger partial charge in [0.05, 0.1) is 26.3 Å². The van der Waals surface area contributed by atoms with E-state index in [0.29, 0.717) is 5.56 Å². The fourth-order valence-corrected chi connectivity index (χ4v) is 6.99. The van der Waals surface area contributed by atoms with Crippen molar-refractivity contribution in [3.05, 3.63) is 132 Å². The Hall–Kier alpha value is -5.50. The number of urea groups is 1. The van der Waals surface area contributed by atoms with Gasteiger partial charge in [-0.3, -0.25) is 9.69 Å². The molecule has 1 fully saturated rings. The molecule has 6 rings (SSSR count). The van der Waals surface area contributed by atoms with Gasteiger partial charge in [0.15, 0.2) is 5.78 Å². The molecule has 46 heavy (non-hydrogen) atoms. The minimum atomic E-state index is -2.48. The standard InChI is InChI=1S/C38H34N2O6/c1-24(29-22-12-18-26-14-8-10-20-31(26)29)39-34(33(41)28-16-6-5-7-17-28)38(35(42)45-3,36(43)46-4)40(37(39)44)25(2)30-23-13-19-27-15-9-11-21-32(27)30/h5-25,34H,1-4H3. The van der Waals surface area contributed by atoms with Crippen LogP contribution < -0.4 is 0 Å². The van der Waals surface area contributed by atoms with Crippen molar-refractivity contribution in [3.8, 4) is 0 Å². The SMILES string of the molecule is COC(=O)C1(C(=O)OC)C(C(=O)c2ccccc2)N(C(C)c2cccc3ccccc23)C(=O)N1C(C)c1cccc2ccccc12. The maximum atomic E-state index is 15.1. The molecule has 0 N–H and O–H groups in total. The summed E-state index contributed by atoms with van der Waals surface area (Å²) in [7, 11) is 2.28. The number of Topliss-reactive ketones (excluding diaryl/α,β-unsaturated/α-hetero) is 1. The second-order valence-corrected chi connectivity index (χ2v) is 11.4. The number of hydrogen-bond donors (Lipinski definition) is 0. The van der Waals surface area contributed by atoms with Gasteiger partial charge in [0.25, 0.3) is 5.54 Å². The van der Waals surface area contributed by atoms with Crippen LogP contribution in [0, 0.1) is 0 Å². The molecule has 1 heterocycles. The first-order valence-corrected chi connectivity index (χ1v) is 15.1. The number of fused-ring (bicyclic) bond motifs is 2. The lowest BCUT2D eigenvalue weighted by atomic mass is 9.82. The van der Waals surface area contributed by atoms with Gasteiger partial charge in [-0.1, -0.05) is 115 Å². The van der Waals surface area contributed by atoms with Crippen LogP contribution in [0.1, 0.15) is 47.4 Å². The van der Waals surface area contributed by atoms with E-state index in [9.17, 15) is 14.4 Å². The monoisotopic (exact) mass is 614 g/mol. The van der Waals surface area contributed by atoms with E-state index >= 15 is 4.79 Å². The third kappa shape index (κ3) is 4.60. The number of carbonyl (C=O) groups is 4. The smallest absolute Gasteiger partial charge is 0.346 e. The van der Waals surface area contributed by atoms with Gasteiger partial charge in [-0.05, 0) is 46.5 Å². The number of amides is 2. The summed E-state index contributed by atoms with van der Waals surface area (Å²) in [5.41, 5.74) is -0.815. The summed E-state index contributed by atoms with van der Waals surface area (Å²) >= 11 is 0. The lowest BCUT2D eigenvalue weighted by Gasteiger charge is -2.39. The van der Waals surface area contributed by atoms with Crippen LogP contribution in [0.4, 0.5) is 4.79 Å². The van der Waals surface area contributed by atoms with E-state index in [1.165, 1.54) is 9.80 Å². The van der Waals surface area contributed by atoms with E-state index < -0.39 is 47.4 Å². The van der Waals surface area contributed by atoms with E-state index in [2.05, 4.69) is 0 Å². The summed E-state index contributed by atoms with van der Waals surface area (Å²) < 4.78 is 10.6. The van der Waals surface area contributed by atoms with Gasteiger partial charge in [-0.25, -0.2) is 14.4 Å².